The van der Waals surface area contributed by atoms with Crippen LogP contribution in [-0.2, 0) is 4.79 Å². The third-order valence-corrected chi connectivity index (χ3v) is 3.63. The van der Waals surface area contributed by atoms with Crippen LogP contribution < -0.4 is 5.32 Å². The van der Waals surface area contributed by atoms with Crippen LogP contribution in [0.1, 0.15) is 25.7 Å². The van der Waals surface area contributed by atoms with Crippen molar-refractivity contribution < 1.29 is 14.8 Å². The van der Waals surface area contributed by atoms with Crippen LogP contribution in [-0.4, -0.2) is 21.5 Å². The number of aliphatic carboxylic acids is 1. The van der Waals surface area contributed by atoms with Crippen LogP contribution in [0.3, 0.4) is 0 Å². The molecule has 0 amide bonds. The summed E-state index contributed by atoms with van der Waals surface area (Å²) >= 11 is 5.82. The Bertz CT molecular complexity index is 526. The van der Waals surface area contributed by atoms with Crippen LogP contribution in [0.25, 0.3) is 0 Å². The maximum Gasteiger partial charge on any atom is 0.329 e. The van der Waals surface area contributed by atoms with E-state index in [1.54, 1.807) is 0 Å². The molecule has 6 nitrogen and oxygen atoms in total. The third kappa shape index (κ3) is 2.63. The number of carbonyl (C=O) groups is 1. The second kappa shape index (κ2) is 5.05. The van der Waals surface area contributed by atoms with Gasteiger partial charge in [0, 0.05) is 11.1 Å². The number of rotatable bonds is 4. The van der Waals surface area contributed by atoms with E-state index in [0.29, 0.717) is 17.9 Å². The highest BCUT2D eigenvalue weighted by Gasteiger charge is 2.42. The first kappa shape index (κ1) is 13.6. The van der Waals surface area contributed by atoms with Crippen molar-refractivity contribution >= 4 is 28.9 Å². The molecule has 1 aromatic carbocycles. The van der Waals surface area contributed by atoms with Gasteiger partial charge in [0.05, 0.1) is 4.92 Å². The van der Waals surface area contributed by atoms with Crippen molar-refractivity contribution in [2.24, 2.45) is 0 Å². The molecule has 1 aliphatic carbocycles. The molecule has 0 heterocycles. The van der Waals surface area contributed by atoms with Crippen molar-refractivity contribution in [2.75, 3.05) is 5.32 Å². The molecule has 1 aromatic rings. The van der Waals surface area contributed by atoms with Gasteiger partial charge in [0.2, 0.25) is 0 Å². The first-order chi connectivity index (χ1) is 8.94. The molecule has 2 rings (SSSR count). The van der Waals surface area contributed by atoms with Gasteiger partial charge in [-0.3, -0.25) is 10.1 Å². The van der Waals surface area contributed by atoms with Gasteiger partial charge >= 0.3 is 5.97 Å². The minimum absolute atomic E-state index is 0.154. The highest BCUT2D eigenvalue weighted by Crippen LogP contribution is 2.37. The van der Waals surface area contributed by atoms with Gasteiger partial charge in [-0.2, -0.15) is 0 Å². The quantitative estimate of drug-likeness (QED) is 0.655. The molecule has 0 aliphatic heterocycles. The summed E-state index contributed by atoms with van der Waals surface area (Å²) in [7, 11) is 0. The molecule has 0 bridgehead atoms. The summed E-state index contributed by atoms with van der Waals surface area (Å²) < 4.78 is 0. The zero-order valence-corrected chi connectivity index (χ0v) is 10.8. The molecule has 102 valence electrons. The van der Waals surface area contributed by atoms with Gasteiger partial charge in [-0.25, -0.2) is 4.79 Å². The van der Waals surface area contributed by atoms with E-state index in [2.05, 4.69) is 5.32 Å². The molecule has 7 heteroatoms. The predicted molar refractivity (Wildman–Crippen MR) is 70.6 cm³/mol. The number of nitro benzene ring substituents is 1. The molecule has 19 heavy (non-hydrogen) atoms. The Kier molecular flexibility index (Phi) is 3.61. The lowest BCUT2D eigenvalue weighted by Crippen LogP contribution is -2.43. The number of hydrogen-bond acceptors (Lipinski definition) is 4. The molecule has 0 saturated heterocycles. The number of halogens is 1. The number of carboxylic acids is 1. The smallest absolute Gasteiger partial charge is 0.329 e. The van der Waals surface area contributed by atoms with E-state index in [1.807, 2.05) is 0 Å². The number of hydrogen-bond donors (Lipinski definition) is 2. The normalized spacial score (nSPS) is 17.1. The van der Waals surface area contributed by atoms with Gasteiger partial charge in [0.15, 0.2) is 0 Å². The third-order valence-electron chi connectivity index (χ3n) is 3.40. The monoisotopic (exact) mass is 284 g/mol. The Hall–Kier alpha value is -1.82. The van der Waals surface area contributed by atoms with Gasteiger partial charge in [-0.05, 0) is 25.0 Å². The van der Waals surface area contributed by atoms with E-state index < -0.39 is 16.4 Å². The fraction of sp³-hybridized carbons (Fsp3) is 0.417. The Morgan fingerprint density at radius 3 is 2.58 bits per heavy atom. The molecule has 0 unspecified atom stereocenters. The van der Waals surface area contributed by atoms with Crippen LogP contribution >= 0.6 is 11.6 Å². The highest BCUT2D eigenvalue weighted by atomic mass is 35.5. The molecule has 2 N–H and O–H groups in total. The Balaban J connectivity index is 2.39. The highest BCUT2D eigenvalue weighted by molar-refractivity contribution is 6.31. The zero-order valence-electron chi connectivity index (χ0n) is 10.1. The van der Waals surface area contributed by atoms with Gasteiger partial charge < -0.3 is 10.4 Å². The molecular formula is C12H13ClN2O4. The largest absolute Gasteiger partial charge is 0.480 e. The lowest BCUT2D eigenvalue weighted by molar-refractivity contribution is -0.384. The van der Waals surface area contributed by atoms with Crippen LogP contribution in [0.15, 0.2) is 18.2 Å². The lowest BCUT2D eigenvalue weighted by atomic mass is 9.97. The number of nitro groups is 1. The second-order valence-corrected chi connectivity index (χ2v) is 5.07. The lowest BCUT2D eigenvalue weighted by Gasteiger charge is -2.26. The first-order valence-corrected chi connectivity index (χ1v) is 6.28. The average Bonchev–Trinajstić information content (AvgIpc) is 2.78. The van der Waals surface area contributed by atoms with Crippen molar-refractivity contribution in [3.05, 3.63) is 33.3 Å². The maximum absolute atomic E-state index is 11.4. The SMILES string of the molecule is O=C(O)C1(Nc2cc(Cl)ccc2[N+](=O)[O-])CCCC1. The molecule has 1 saturated carbocycles. The fourth-order valence-electron chi connectivity index (χ4n) is 2.40. The van der Waals surface area contributed by atoms with E-state index >= 15 is 0 Å². The van der Waals surface area contributed by atoms with Crippen LogP contribution in [0.5, 0.6) is 0 Å². The van der Waals surface area contributed by atoms with Crippen LogP contribution in [0, 0.1) is 10.1 Å². The molecule has 0 atom stereocenters. The summed E-state index contributed by atoms with van der Waals surface area (Å²) in [4.78, 5) is 21.8. The van der Waals surface area contributed by atoms with Gasteiger partial charge in [-0.1, -0.05) is 24.4 Å². The fourth-order valence-corrected chi connectivity index (χ4v) is 2.57. The Morgan fingerprint density at radius 2 is 2.05 bits per heavy atom. The summed E-state index contributed by atoms with van der Waals surface area (Å²) in [5.74, 6) is -0.987. The van der Waals surface area contributed by atoms with Gasteiger partial charge in [0.25, 0.3) is 5.69 Å². The van der Waals surface area contributed by atoms with E-state index in [9.17, 15) is 20.0 Å². The number of anilines is 1. The average molecular weight is 285 g/mol. The standard InChI is InChI=1S/C12H13ClN2O4/c13-8-3-4-10(15(18)19)9(7-8)14-12(11(16)17)5-1-2-6-12/h3-4,7,14H,1-2,5-6H2,(H,16,17). The molecular weight excluding hydrogens is 272 g/mol. The summed E-state index contributed by atoms with van der Waals surface area (Å²) in [6.07, 6.45) is 2.47. The van der Waals surface area contributed by atoms with Crippen molar-refractivity contribution in [3.8, 4) is 0 Å². The Labute approximate surface area is 114 Å². The van der Waals surface area contributed by atoms with Crippen molar-refractivity contribution in [1.82, 2.24) is 0 Å². The zero-order chi connectivity index (χ0) is 14.0. The summed E-state index contributed by atoms with van der Waals surface area (Å²) in [5, 5.41) is 23.5. The molecule has 0 aromatic heterocycles. The van der Waals surface area contributed by atoms with Gasteiger partial charge in [-0.15, -0.1) is 0 Å². The van der Waals surface area contributed by atoms with Crippen LogP contribution in [0.2, 0.25) is 5.02 Å². The van der Waals surface area contributed by atoms with Crippen molar-refractivity contribution in [1.29, 1.82) is 0 Å². The first-order valence-electron chi connectivity index (χ1n) is 5.90. The summed E-state index contributed by atoms with van der Waals surface area (Å²) in [6.45, 7) is 0. The second-order valence-electron chi connectivity index (χ2n) is 4.64. The summed E-state index contributed by atoms with van der Waals surface area (Å²) in [5.41, 5.74) is -1.14. The molecule has 1 fully saturated rings. The van der Waals surface area contributed by atoms with E-state index in [1.165, 1.54) is 18.2 Å². The van der Waals surface area contributed by atoms with Crippen molar-refractivity contribution in [3.63, 3.8) is 0 Å². The minimum atomic E-state index is -1.13. The number of benzene rings is 1. The van der Waals surface area contributed by atoms with Crippen LogP contribution in [0.4, 0.5) is 11.4 Å². The number of carboxylic acid groups (broad SMARTS) is 1. The van der Waals surface area contributed by atoms with Gasteiger partial charge in [0.1, 0.15) is 11.2 Å². The topological polar surface area (TPSA) is 92.5 Å². The molecule has 0 radical (unpaired) electrons. The molecule has 1 aliphatic rings. The number of nitrogens with zero attached hydrogens (tertiary/aromatic N) is 1. The van der Waals surface area contributed by atoms with E-state index in [4.69, 9.17) is 11.6 Å². The molecule has 0 spiro atoms. The Morgan fingerprint density at radius 1 is 1.42 bits per heavy atom. The van der Waals surface area contributed by atoms with E-state index in [0.717, 1.165) is 12.8 Å². The maximum atomic E-state index is 11.4. The number of nitrogens with one attached hydrogen (secondary N) is 1. The van der Waals surface area contributed by atoms with Crippen molar-refractivity contribution in [2.45, 2.75) is 31.2 Å². The minimum Gasteiger partial charge on any atom is -0.480 e. The summed E-state index contributed by atoms with van der Waals surface area (Å²) in [6, 6.07) is 4.07. The predicted octanol–water partition coefficient (Wildman–Crippen LogP) is 3.06. The van der Waals surface area contributed by atoms with E-state index in [-0.39, 0.29) is 11.4 Å².